The number of nitrogens with one attached hydrogen (secondary N) is 2. The Bertz CT molecular complexity index is 1380. The largest absolute Gasteiger partial charge is 0.491 e. The second-order valence-corrected chi connectivity index (χ2v) is 9.30. The number of rotatable bonds is 5. The van der Waals surface area contributed by atoms with Crippen molar-refractivity contribution in [2.45, 2.75) is 45.4 Å². The van der Waals surface area contributed by atoms with Crippen molar-refractivity contribution in [3.63, 3.8) is 0 Å². The number of fused-ring (bicyclic) bond motifs is 2. The molecular formula is C28H27N3O4. The molecule has 1 atom stereocenters. The van der Waals surface area contributed by atoms with E-state index in [4.69, 9.17) is 4.74 Å². The Hall–Kier alpha value is -4.13. The summed E-state index contributed by atoms with van der Waals surface area (Å²) in [6.45, 7) is 8.09. The smallest absolute Gasteiger partial charge is 0.255 e. The molecule has 0 aromatic heterocycles. The number of carbonyl (C=O) groups is 3. The van der Waals surface area contributed by atoms with Crippen LogP contribution in [0.15, 0.2) is 66.9 Å². The predicted octanol–water partition coefficient (Wildman–Crippen LogP) is 4.63. The molecule has 2 heterocycles. The maximum Gasteiger partial charge on any atom is 0.255 e. The van der Waals surface area contributed by atoms with Gasteiger partial charge in [-0.15, -0.1) is 0 Å². The number of piperidine rings is 1. The van der Waals surface area contributed by atoms with Gasteiger partial charge in [-0.25, -0.2) is 0 Å². The average Bonchev–Trinajstić information content (AvgIpc) is 3.13. The normalized spacial score (nSPS) is 17.5. The van der Waals surface area contributed by atoms with E-state index in [1.165, 1.54) is 0 Å². The molecule has 3 aromatic rings. The van der Waals surface area contributed by atoms with Crippen LogP contribution in [0.5, 0.6) is 5.75 Å². The molecule has 3 aromatic carbocycles. The maximum atomic E-state index is 12.9. The molecule has 3 amide bonds. The van der Waals surface area contributed by atoms with E-state index in [-0.39, 0.29) is 23.8 Å². The van der Waals surface area contributed by atoms with Crippen LogP contribution in [0.3, 0.4) is 0 Å². The standard InChI is InChI=1S/C28H27N3O4/c1-16(2)35-23-9-7-18-12-20(6-5-19(18)14-23)26(32)30-22-8-10-24-21(13-22)15-31(28(24)34)25-11-4-17(3)29-27(25)33/h5-10,12-14,16,25H,3-4,11,15H2,1-2H3,(H,29,33)(H,30,32). The first kappa shape index (κ1) is 22.7. The molecule has 2 aliphatic heterocycles. The van der Waals surface area contributed by atoms with Gasteiger partial charge in [-0.3, -0.25) is 14.4 Å². The van der Waals surface area contributed by atoms with Crippen molar-refractivity contribution >= 4 is 34.2 Å². The molecule has 0 bridgehead atoms. The lowest BCUT2D eigenvalue weighted by Gasteiger charge is -2.30. The second kappa shape index (κ2) is 8.91. The van der Waals surface area contributed by atoms with Crippen molar-refractivity contribution in [3.05, 3.63) is 83.6 Å². The predicted molar refractivity (Wildman–Crippen MR) is 134 cm³/mol. The zero-order valence-electron chi connectivity index (χ0n) is 19.8. The Morgan fingerprint density at radius 1 is 1.09 bits per heavy atom. The van der Waals surface area contributed by atoms with Crippen LogP contribution >= 0.6 is 0 Å². The van der Waals surface area contributed by atoms with Crippen LogP contribution in [0, 0.1) is 0 Å². The zero-order valence-corrected chi connectivity index (χ0v) is 19.8. The molecule has 5 rings (SSSR count). The number of benzene rings is 3. The summed E-state index contributed by atoms with van der Waals surface area (Å²) in [5.41, 5.74) is 3.17. The molecule has 7 heteroatoms. The molecule has 35 heavy (non-hydrogen) atoms. The van der Waals surface area contributed by atoms with Crippen molar-refractivity contribution < 1.29 is 19.1 Å². The van der Waals surface area contributed by atoms with Crippen LogP contribution in [0.25, 0.3) is 10.8 Å². The van der Waals surface area contributed by atoms with Gasteiger partial charge in [-0.1, -0.05) is 18.7 Å². The fourth-order valence-electron chi connectivity index (χ4n) is 4.65. The number of allylic oxidation sites excluding steroid dienone is 1. The van der Waals surface area contributed by atoms with Crippen molar-refractivity contribution in [2.24, 2.45) is 0 Å². The fourth-order valence-corrected chi connectivity index (χ4v) is 4.65. The van der Waals surface area contributed by atoms with E-state index in [1.807, 2.05) is 44.2 Å². The van der Waals surface area contributed by atoms with Gasteiger partial charge in [0.25, 0.3) is 11.8 Å². The number of hydrogen-bond acceptors (Lipinski definition) is 4. The minimum absolute atomic E-state index is 0.0898. The Balaban J connectivity index is 1.31. The Morgan fingerprint density at radius 2 is 1.86 bits per heavy atom. The van der Waals surface area contributed by atoms with E-state index < -0.39 is 6.04 Å². The minimum atomic E-state index is -0.512. The molecule has 1 fully saturated rings. The maximum absolute atomic E-state index is 12.9. The van der Waals surface area contributed by atoms with E-state index in [1.54, 1.807) is 29.2 Å². The highest BCUT2D eigenvalue weighted by atomic mass is 16.5. The zero-order chi connectivity index (χ0) is 24.7. The lowest BCUT2D eigenvalue weighted by Crippen LogP contribution is -2.49. The summed E-state index contributed by atoms with van der Waals surface area (Å²) < 4.78 is 5.75. The van der Waals surface area contributed by atoms with E-state index >= 15 is 0 Å². The molecule has 0 saturated carbocycles. The quantitative estimate of drug-likeness (QED) is 0.571. The monoisotopic (exact) mass is 469 g/mol. The molecule has 1 unspecified atom stereocenters. The molecule has 2 N–H and O–H groups in total. The molecule has 0 spiro atoms. The molecule has 178 valence electrons. The highest BCUT2D eigenvalue weighted by Crippen LogP contribution is 2.30. The molecule has 0 radical (unpaired) electrons. The number of carbonyl (C=O) groups excluding carboxylic acids is 3. The minimum Gasteiger partial charge on any atom is -0.491 e. The summed E-state index contributed by atoms with van der Waals surface area (Å²) in [6, 6.07) is 16.1. The van der Waals surface area contributed by atoms with Gasteiger partial charge in [0.2, 0.25) is 5.91 Å². The summed E-state index contributed by atoms with van der Waals surface area (Å²) in [4.78, 5) is 39.8. The van der Waals surface area contributed by atoms with E-state index in [2.05, 4.69) is 17.2 Å². The summed E-state index contributed by atoms with van der Waals surface area (Å²) in [5.74, 6) is 0.193. The summed E-state index contributed by atoms with van der Waals surface area (Å²) in [5, 5.41) is 7.61. The van der Waals surface area contributed by atoms with Crippen LogP contribution in [-0.2, 0) is 11.3 Å². The van der Waals surface area contributed by atoms with Crippen LogP contribution in [-0.4, -0.2) is 34.8 Å². The number of amides is 3. The van der Waals surface area contributed by atoms with E-state index in [0.29, 0.717) is 41.9 Å². The lowest BCUT2D eigenvalue weighted by atomic mass is 10.0. The van der Waals surface area contributed by atoms with Gasteiger partial charge in [0.15, 0.2) is 0 Å². The number of ether oxygens (including phenoxy) is 1. The average molecular weight is 470 g/mol. The fraction of sp³-hybridized carbons (Fsp3) is 0.250. The van der Waals surface area contributed by atoms with Crippen molar-refractivity contribution in [3.8, 4) is 5.75 Å². The third-order valence-corrected chi connectivity index (χ3v) is 6.34. The first-order chi connectivity index (χ1) is 16.8. The second-order valence-electron chi connectivity index (χ2n) is 9.30. The van der Waals surface area contributed by atoms with Crippen molar-refractivity contribution in [1.82, 2.24) is 10.2 Å². The van der Waals surface area contributed by atoms with Crippen molar-refractivity contribution in [2.75, 3.05) is 5.32 Å². The van der Waals surface area contributed by atoms with Crippen molar-refractivity contribution in [1.29, 1.82) is 0 Å². The molecule has 0 aliphatic carbocycles. The van der Waals surface area contributed by atoms with Gasteiger partial charge in [0.05, 0.1) is 6.10 Å². The first-order valence-electron chi connectivity index (χ1n) is 11.7. The SMILES string of the molecule is C=C1CCC(N2Cc3cc(NC(=O)c4ccc5cc(OC(C)C)ccc5c4)ccc3C2=O)C(=O)N1. The third kappa shape index (κ3) is 4.49. The van der Waals surface area contributed by atoms with Gasteiger partial charge < -0.3 is 20.3 Å². The van der Waals surface area contributed by atoms with E-state index in [0.717, 1.165) is 22.1 Å². The first-order valence-corrected chi connectivity index (χ1v) is 11.7. The Labute approximate surface area is 203 Å². The highest BCUT2D eigenvalue weighted by Gasteiger charge is 2.38. The van der Waals surface area contributed by atoms with Crippen LogP contribution in [0.1, 0.15) is 53.0 Å². The summed E-state index contributed by atoms with van der Waals surface area (Å²) >= 11 is 0. The van der Waals surface area contributed by atoms with Crippen LogP contribution < -0.4 is 15.4 Å². The topological polar surface area (TPSA) is 87.7 Å². The number of nitrogens with zero attached hydrogens (tertiary/aromatic N) is 1. The molecule has 2 aliphatic rings. The number of hydrogen-bond donors (Lipinski definition) is 2. The van der Waals surface area contributed by atoms with Gasteiger partial charge in [0.1, 0.15) is 11.8 Å². The Morgan fingerprint density at radius 3 is 2.63 bits per heavy atom. The van der Waals surface area contributed by atoms with Gasteiger partial charge in [-0.2, -0.15) is 0 Å². The highest BCUT2D eigenvalue weighted by molar-refractivity contribution is 6.07. The van der Waals surface area contributed by atoms with Crippen LogP contribution in [0.4, 0.5) is 5.69 Å². The lowest BCUT2D eigenvalue weighted by molar-refractivity contribution is -0.126. The van der Waals surface area contributed by atoms with Gasteiger partial charge in [-0.05, 0) is 85.5 Å². The van der Waals surface area contributed by atoms with Gasteiger partial charge in [0, 0.05) is 29.1 Å². The van der Waals surface area contributed by atoms with E-state index in [9.17, 15) is 14.4 Å². The summed E-state index contributed by atoms with van der Waals surface area (Å²) in [7, 11) is 0. The number of anilines is 1. The van der Waals surface area contributed by atoms with Gasteiger partial charge >= 0.3 is 0 Å². The summed E-state index contributed by atoms with van der Waals surface area (Å²) in [6.07, 6.45) is 1.29. The Kier molecular flexibility index (Phi) is 5.76. The molecular weight excluding hydrogens is 442 g/mol. The van der Waals surface area contributed by atoms with Crippen LogP contribution in [0.2, 0.25) is 0 Å². The molecule has 1 saturated heterocycles. The third-order valence-electron chi connectivity index (χ3n) is 6.34. The molecule has 7 nitrogen and oxygen atoms in total.